The Morgan fingerprint density at radius 2 is 2.25 bits per heavy atom. The molecule has 1 aromatic rings. The highest BCUT2D eigenvalue weighted by molar-refractivity contribution is 9.10. The smallest absolute Gasteiger partial charge is 0.248 e. The van der Waals surface area contributed by atoms with Gasteiger partial charge in [-0.15, -0.1) is 11.3 Å². The van der Waals surface area contributed by atoms with E-state index in [1.54, 1.807) is 11.3 Å². The van der Waals surface area contributed by atoms with Gasteiger partial charge in [-0.3, -0.25) is 9.59 Å². The van der Waals surface area contributed by atoms with Gasteiger partial charge >= 0.3 is 0 Å². The summed E-state index contributed by atoms with van der Waals surface area (Å²) in [7, 11) is 0. The quantitative estimate of drug-likeness (QED) is 0.904. The van der Waals surface area contributed by atoms with E-state index in [0.29, 0.717) is 25.4 Å². The Labute approximate surface area is 130 Å². The number of carbonyl (C=O) groups excluding carboxylic acids is 2. The Balaban J connectivity index is 1.82. The molecule has 1 aromatic heterocycles. The molecule has 3 rings (SSSR count). The van der Waals surface area contributed by atoms with Crippen molar-refractivity contribution in [2.24, 2.45) is 5.92 Å². The van der Waals surface area contributed by atoms with E-state index in [1.165, 1.54) is 0 Å². The molecule has 1 saturated carbocycles. The van der Waals surface area contributed by atoms with Crippen molar-refractivity contribution in [2.45, 2.75) is 38.3 Å². The van der Waals surface area contributed by atoms with Crippen LogP contribution in [0.5, 0.6) is 0 Å². The first-order chi connectivity index (χ1) is 9.49. The third-order valence-corrected chi connectivity index (χ3v) is 5.78. The van der Waals surface area contributed by atoms with E-state index in [4.69, 9.17) is 0 Å². The summed E-state index contributed by atoms with van der Waals surface area (Å²) in [5, 5.41) is 4.97. The maximum atomic E-state index is 12.8. The van der Waals surface area contributed by atoms with Crippen LogP contribution in [0.1, 0.15) is 31.1 Å². The van der Waals surface area contributed by atoms with E-state index in [1.807, 2.05) is 23.3 Å². The maximum Gasteiger partial charge on any atom is 0.248 e. The fourth-order valence-corrected chi connectivity index (χ4v) is 4.25. The normalized spacial score (nSPS) is 27.4. The Morgan fingerprint density at radius 3 is 2.85 bits per heavy atom. The number of amides is 2. The summed E-state index contributed by atoms with van der Waals surface area (Å²) >= 11 is 5.06. The zero-order chi connectivity index (χ0) is 14.3. The van der Waals surface area contributed by atoms with Crippen molar-refractivity contribution in [1.82, 2.24) is 10.2 Å². The molecule has 1 unspecified atom stereocenters. The van der Waals surface area contributed by atoms with Crippen molar-refractivity contribution >= 4 is 39.1 Å². The Hall–Kier alpha value is -0.880. The number of rotatable bonds is 3. The summed E-state index contributed by atoms with van der Waals surface area (Å²) < 4.78 is 1.04. The molecule has 1 atom stereocenters. The lowest BCUT2D eigenvalue weighted by Crippen LogP contribution is -2.56. The fourth-order valence-electron chi connectivity index (χ4n) is 2.79. The second-order valence-electron chi connectivity index (χ2n) is 5.73. The van der Waals surface area contributed by atoms with Crippen molar-refractivity contribution in [2.75, 3.05) is 6.54 Å². The molecule has 1 aliphatic carbocycles. The molecule has 108 valence electrons. The largest absolute Gasteiger partial charge is 0.342 e. The molecule has 0 radical (unpaired) electrons. The molecule has 0 bridgehead atoms. The van der Waals surface area contributed by atoms with Crippen LogP contribution in [0.15, 0.2) is 15.9 Å². The molecule has 0 aromatic carbocycles. The monoisotopic (exact) mass is 356 g/mol. The number of thiophene rings is 1. The predicted molar refractivity (Wildman–Crippen MR) is 81.3 cm³/mol. The third kappa shape index (κ3) is 2.63. The lowest BCUT2D eigenvalue weighted by atomic mass is 9.94. The summed E-state index contributed by atoms with van der Waals surface area (Å²) in [5.74, 6) is 0.354. The molecule has 6 heteroatoms. The zero-order valence-electron chi connectivity index (χ0n) is 11.3. The van der Waals surface area contributed by atoms with Crippen LogP contribution in [0.2, 0.25) is 0 Å². The minimum Gasteiger partial charge on any atom is -0.342 e. The first kappa shape index (κ1) is 14.1. The van der Waals surface area contributed by atoms with E-state index in [0.717, 1.165) is 22.2 Å². The summed E-state index contributed by atoms with van der Waals surface area (Å²) in [4.78, 5) is 27.7. The summed E-state index contributed by atoms with van der Waals surface area (Å²) in [6, 6.07) is 2.03. The van der Waals surface area contributed by atoms with Crippen molar-refractivity contribution < 1.29 is 9.59 Å². The summed E-state index contributed by atoms with van der Waals surface area (Å²) in [6.45, 7) is 2.97. The van der Waals surface area contributed by atoms with Gasteiger partial charge in [-0.1, -0.05) is 0 Å². The van der Waals surface area contributed by atoms with Crippen LogP contribution in [-0.2, 0) is 16.1 Å². The summed E-state index contributed by atoms with van der Waals surface area (Å²) in [5.41, 5.74) is -0.706. The van der Waals surface area contributed by atoms with E-state index in [9.17, 15) is 9.59 Å². The van der Waals surface area contributed by atoms with Crippen LogP contribution in [0.25, 0.3) is 0 Å². The maximum absolute atomic E-state index is 12.8. The molecule has 20 heavy (non-hydrogen) atoms. The van der Waals surface area contributed by atoms with Crippen molar-refractivity contribution in [3.63, 3.8) is 0 Å². The molecule has 0 spiro atoms. The first-order valence-corrected chi connectivity index (χ1v) is 8.49. The van der Waals surface area contributed by atoms with Gasteiger partial charge in [0.05, 0.1) is 6.54 Å². The average Bonchev–Trinajstić information content (AvgIpc) is 3.18. The van der Waals surface area contributed by atoms with E-state index in [-0.39, 0.29) is 11.8 Å². The lowest BCUT2D eigenvalue weighted by Gasteiger charge is -2.32. The first-order valence-electron chi connectivity index (χ1n) is 6.82. The highest BCUT2D eigenvalue weighted by atomic mass is 79.9. The van der Waals surface area contributed by atoms with Crippen LogP contribution >= 0.6 is 27.3 Å². The van der Waals surface area contributed by atoms with Gasteiger partial charge in [-0.25, -0.2) is 0 Å². The molecule has 2 heterocycles. The number of hydrogen-bond acceptors (Lipinski definition) is 3. The topological polar surface area (TPSA) is 49.4 Å². The number of carbonyl (C=O) groups is 2. The highest BCUT2D eigenvalue weighted by Crippen LogP contribution is 2.41. The van der Waals surface area contributed by atoms with Crippen molar-refractivity contribution in [3.05, 3.63) is 20.8 Å². The van der Waals surface area contributed by atoms with Crippen LogP contribution in [0.4, 0.5) is 0 Å². The van der Waals surface area contributed by atoms with Crippen molar-refractivity contribution in [3.8, 4) is 0 Å². The van der Waals surface area contributed by atoms with E-state index >= 15 is 0 Å². The van der Waals surface area contributed by atoms with Gasteiger partial charge in [0.15, 0.2) is 0 Å². The van der Waals surface area contributed by atoms with Crippen LogP contribution in [0, 0.1) is 5.92 Å². The zero-order valence-corrected chi connectivity index (χ0v) is 13.7. The number of halogens is 1. The van der Waals surface area contributed by atoms with Gasteiger partial charge in [-0.05, 0) is 47.7 Å². The van der Waals surface area contributed by atoms with Crippen LogP contribution < -0.4 is 5.32 Å². The van der Waals surface area contributed by atoms with Gasteiger partial charge in [0.2, 0.25) is 11.8 Å². The minimum atomic E-state index is -0.706. The fraction of sp³-hybridized carbons (Fsp3) is 0.571. The standard InChI is InChI=1S/C14H17BrN2O2S/c1-14(9-2-3-9)13(19)17(5-4-12(18)16-14)7-11-6-10(15)8-20-11/h6,8-9H,2-5,7H2,1H3,(H,16,18). The molecule has 1 N–H and O–H groups in total. The Bertz CT molecular complexity index is 555. The van der Waals surface area contributed by atoms with Gasteiger partial charge in [0.1, 0.15) is 5.54 Å². The second-order valence-corrected chi connectivity index (χ2v) is 7.64. The average molecular weight is 357 g/mol. The Kier molecular flexibility index (Phi) is 3.62. The SMILES string of the molecule is CC1(C2CC2)NC(=O)CCN(Cc2cc(Br)cs2)C1=O. The molecular weight excluding hydrogens is 340 g/mol. The van der Waals surface area contributed by atoms with E-state index < -0.39 is 5.54 Å². The number of nitrogens with one attached hydrogen (secondary N) is 1. The molecular formula is C14H17BrN2O2S. The molecule has 2 fully saturated rings. The third-order valence-electron chi connectivity index (χ3n) is 4.10. The predicted octanol–water partition coefficient (Wildman–Crippen LogP) is 2.53. The molecule has 4 nitrogen and oxygen atoms in total. The number of hydrogen-bond donors (Lipinski definition) is 1. The van der Waals surface area contributed by atoms with Gasteiger partial charge < -0.3 is 10.2 Å². The molecule has 1 aliphatic heterocycles. The molecule has 2 amide bonds. The minimum absolute atomic E-state index is 0.0115. The molecule has 2 aliphatic rings. The molecule has 1 saturated heterocycles. The van der Waals surface area contributed by atoms with Crippen molar-refractivity contribution in [1.29, 1.82) is 0 Å². The lowest BCUT2D eigenvalue weighted by molar-refractivity contribution is -0.139. The van der Waals surface area contributed by atoms with E-state index in [2.05, 4.69) is 21.2 Å². The number of nitrogens with zero attached hydrogens (tertiary/aromatic N) is 1. The summed E-state index contributed by atoms with van der Waals surface area (Å²) in [6.07, 6.45) is 2.45. The van der Waals surface area contributed by atoms with Crippen LogP contribution in [-0.4, -0.2) is 28.8 Å². The van der Waals surface area contributed by atoms with Gasteiger partial charge in [-0.2, -0.15) is 0 Å². The highest BCUT2D eigenvalue weighted by Gasteiger charge is 2.51. The van der Waals surface area contributed by atoms with Crippen LogP contribution in [0.3, 0.4) is 0 Å². The Morgan fingerprint density at radius 1 is 1.50 bits per heavy atom. The van der Waals surface area contributed by atoms with Gasteiger partial charge in [0, 0.05) is 27.7 Å². The van der Waals surface area contributed by atoms with Gasteiger partial charge in [0.25, 0.3) is 0 Å². The second kappa shape index (κ2) is 5.15.